The number of amides is 1. The number of benzene rings is 1. The van der Waals surface area contributed by atoms with Gasteiger partial charge in [-0.1, -0.05) is 12.5 Å². The molecule has 0 unspecified atom stereocenters. The number of nitrogens with two attached hydrogens (primary N) is 1. The van der Waals surface area contributed by atoms with Crippen LogP contribution in [0.5, 0.6) is 0 Å². The number of hydrogen-bond acceptors (Lipinski definition) is 3. The van der Waals surface area contributed by atoms with Crippen LogP contribution in [0.2, 0.25) is 0 Å². The van der Waals surface area contributed by atoms with Crippen molar-refractivity contribution in [1.29, 1.82) is 0 Å². The summed E-state index contributed by atoms with van der Waals surface area (Å²) in [6.07, 6.45) is 3.22. The molecule has 1 spiro atoms. The van der Waals surface area contributed by atoms with E-state index in [4.69, 9.17) is 5.73 Å². The molecule has 5 heteroatoms. The average Bonchev–Trinajstić information content (AvgIpc) is 2.38. The molecule has 2 aliphatic carbocycles. The molecule has 1 amide bonds. The van der Waals surface area contributed by atoms with Gasteiger partial charge in [-0.2, -0.15) is 0 Å². The minimum atomic E-state index is -0.928. The molecule has 2 saturated carbocycles. The number of aliphatic hydroxyl groups excluding tert-OH is 1. The molecule has 0 aromatic heterocycles. The predicted molar refractivity (Wildman–Crippen MR) is 81.7 cm³/mol. The zero-order valence-corrected chi connectivity index (χ0v) is 12.9. The molecule has 2 aliphatic rings. The van der Waals surface area contributed by atoms with Gasteiger partial charge in [0.15, 0.2) is 0 Å². The molecule has 4 N–H and O–H groups in total. The summed E-state index contributed by atoms with van der Waals surface area (Å²) in [5, 5.41) is 12.9. The molecule has 1 aromatic carbocycles. The molecule has 0 saturated heterocycles. The lowest BCUT2D eigenvalue weighted by atomic mass is 9.44. The largest absolute Gasteiger partial charge is 0.392 e. The van der Waals surface area contributed by atoms with Gasteiger partial charge in [-0.25, -0.2) is 4.39 Å². The van der Waals surface area contributed by atoms with Gasteiger partial charge in [0.1, 0.15) is 11.4 Å². The van der Waals surface area contributed by atoms with E-state index in [-0.39, 0.29) is 11.7 Å². The molecule has 4 nitrogen and oxygen atoms in total. The normalized spacial score (nSPS) is 28.8. The number of rotatable bonds is 4. The van der Waals surface area contributed by atoms with Crippen molar-refractivity contribution < 1.29 is 14.3 Å². The molecular formula is C17H23FN2O2. The topological polar surface area (TPSA) is 75.4 Å². The Bertz CT molecular complexity index is 600. The zero-order chi connectivity index (χ0) is 16.0. The molecule has 0 heterocycles. The first-order chi connectivity index (χ1) is 10.4. The van der Waals surface area contributed by atoms with Gasteiger partial charge in [-0.15, -0.1) is 0 Å². The van der Waals surface area contributed by atoms with E-state index in [0.29, 0.717) is 19.4 Å². The number of aliphatic hydroxyl groups is 1. The first-order valence-corrected chi connectivity index (χ1v) is 7.89. The molecule has 0 aliphatic heterocycles. The Morgan fingerprint density at radius 1 is 1.50 bits per heavy atom. The van der Waals surface area contributed by atoms with Gasteiger partial charge in [0, 0.05) is 18.4 Å². The van der Waals surface area contributed by atoms with Crippen molar-refractivity contribution in [3.8, 4) is 0 Å². The van der Waals surface area contributed by atoms with Crippen LogP contribution >= 0.6 is 0 Å². The highest BCUT2D eigenvalue weighted by Gasteiger charge is 2.69. The summed E-state index contributed by atoms with van der Waals surface area (Å²) in [4.78, 5) is 12.4. The summed E-state index contributed by atoms with van der Waals surface area (Å²) in [7, 11) is 0. The van der Waals surface area contributed by atoms with Crippen LogP contribution in [-0.2, 0) is 11.2 Å². The molecule has 1 aromatic rings. The average molecular weight is 306 g/mol. The van der Waals surface area contributed by atoms with Crippen LogP contribution in [0.1, 0.15) is 36.8 Å². The van der Waals surface area contributed by atoms with E-state index < -0.39 is 17.1 Å². The fourth-order valence-corrected chi connectivity index (χ4v) is 3.93. The second-order valence-corrected chi connectivity index (χ2v) is 6.78. The maximum Gasteiger partial charge on any atom is 0.240 e. The second-order valence-electron chi connectivity index (χ2n) is 6.78. The Morgan fingerprint density at radius 2 is 2.23 bits per heavy atom. The fraction of sp³-hybridized carbons (Fsp3) is 0.588. The zero-order valence-electron chi connectivity index (χ0n) is 12.9. The van der Waals surface area contributed by atoms with Crippen LogP contribution in [0.25, 0.3) is 0 Å². The predicted octanol–water partition coefficient (Wildman–Crippen LogP) is 1.43. The number of nitrogens with one attached hydrogen (secondary N) is 1. The lowest BCUT2D eigenvalue weighted by Crippen LogP contribution is -2.79. The van der Waals surface area contributed by atoms with Crippen molar-refractivity contribution in [3.05, 3.63) is 35.1 Å². The smallest absolute Gasteiger partial charge is 0.240 e. The molecule has 120 valence electrons. The second kappa shape index (κ2) is 5.32. The number of aryl methyl sites for hydroxylation is 1. The van der Waals surface area contributed by atoms with Crippen molar-refractivity contribution in [2.75, 3.05) is 6.54 Å². The van der Waals surface area contributed by atoms with Crippen LogP contribution < -0.4 is 11.1 Å². The number of carbonyl (C=O) groups is 1. The molecule has 3 rings (SSSR count). The van der Waals surface area contributed by atoms with Crippen molar-refractivity contribution in [2.24, 2.45) is 11.1 Å². The lowest BCUT2D eigenvalue weighted by Gasteiger charge is -2.64. The highest BCUT2D eigenvalue weighted by Crippen LogP contribution is 2.60. The molecule has 2 fully saturated rings. The fourth-order valence-electron chi connectivity index (χ4n) is 3.93. The van der Waals surface area contributed by atoms with Crippen molar-refractivity contribution >= 4 is 5.91 Å². The maximum absolute atomic E-state index is 13.1. The van der Waals surface area contributed by atoms with Crippen molar-refractivity contribution in [1.82, 2.24) is 5.32 Å². The van der Waals surface area contributed by atoms with Gasteiger partial charge in [-0.05, 0) is 49.4 Å². The molecule has 0 radical (unpaired) electrons. The van der Waals surface area contributed by atoms with Crippen LogP contribution in [0.4, 0.5) is 4.39 Å². The van der Waals surface area contributed by atoms with Gasteiger partial charge >= 0.3 is 0 Å². The van der Waals surface area contributed by atoms with Crippen molar-refractivity contribution in [2.45, 2.75) is 50.7 Å². The van der Waals surface area contributed by atoms with Gasteiger partial charge in [0.05, 0.1) is 6.10 Å². The molecule has 22 heavy (non-hydrogen) atoms. The van der Waals surface area contributed by atoms with E-state index in [1.807, 2.05) is 6.92 Å². The summed E-state index contributed by atoms with van der Waals surface area (Å²) in [6.45, 7) is 2.33. The highest BCUT2D eigenvalue weighted by atomic mass is 19.1. The van der Waals surface area contributed by atoms with Gasteiger partial charge < -0.3 is 16.2 Å². The number of hydrogen-bond donors (Lipinski definition) is 3. The minimum absolute atomic E-state index is 0.169. The third kappa shape index (κ3) is 2.15. The van der Waals surface area contributed by atoms with Crippen LogP contribution in [0.3, 0.4) is 0 Å². The van der Waals surface area contributed by atoms with Crippen molar-refractivity contribution in [3.63, 3.8) is 0 Å². The summed E-state index contributed by atoms with van der Waals surface area (Å²) in [6, 6.07) is 4.67. The maximum atomic E-state index is 13.1. The van der Waals surface area contributed by atoms with Gasteiger partial charge in [0.2, 0.25) is 5.91 Å². The quantitative estimate of drug-likeness (QED) is 0.787. The third-order valence-electron chi connectivity index (χ3n) is 5.68. The first-order valence-electron chi connectivity index (χ1n) is 7.89. The van der Waals surface area contributed by atoms with Crippen LogP contribution in [0.15, 0.2) is 18.2 Å². The van der Waals surface area contributed by atoms with Crippen LogP contribution in [0, 0.1) is 18.2 Å². The van der Waals surface area contributed by atoms with E-state index >= 15 is 0 Å². The number of halogens is 1. The summed E-state index contributed by atoms with van der Waals surface area (Å²) in [5.74, 6) is -0.418. The molecular weight excluding hydrogens is 283 g/mol. The highest BCUT2D eigenvalue weighted by molar-refractivity contribution is 5.89. The Labute approximate surface area is 129 Å². The van der Waals surface area contributed by atoms with E-state index in [1.165, 1.54) is 12.1 Å². The summed E-state index contributed by atoms with van der Waals surface area (Å²) in [5.41, 5.74) is 6.85. The van der Waals surface area contributed by atoms with E-state index in [2.05, 4.69) is 5.32 Å². The van der Waals surface area contributed by atoms with Gasteiger partial charge in [-0.3, -0.25) is 4.79 Å². The Morgan fingerprint density at radius 3 is 2.77 bits per heavy atom. The van der Waals surface area contributed by atoms with Gasteiger partial charge in [0.25, 0.3) is 0 Å². The summed E-state index contributed by atoms with van der Waals surface area (Å²) < 4.78 is 13.1. The third-order valence-corrected chi connectivity index (χ3v) is 5.68. The van der Waals surface area contributed by atoms with E-state index in [9.17, 15) is 14.3 Å². The van der Waals surface area contributed by atoms with Crippen LogP contribution in [-0.4, -0.2) is 29.2 Å². The molecule has 2 atom stereocenters. The Balaban J connectivity index is 1.57. The SMILES string of the molecule is Cc1cc(F)ccc1CCNC(=O)[C@@]1(N)C[C@H](O)C12CCC2. The minimum Gasteiger partial charge on any atom is -0.392 e. The molecule has 0 bridgehead atoms. The van der Waals surface area contributed by atoms with E-state index in [1.54, 1.807) is 6.07 Å². The number of carbonyl (C=O) groups excluding carboxylic acids is 1. The first kappa shape index (κ1) is 15.4. The summed E-state index contributed by atoms with van der Waals surface area (Å²) >= 11 is 0. The lowest BCUT2D eigenvalue weighted by molar-refractivity contribution is -0.192. The Hall–Kier alpha value is -1.46. The Kier molecular flexibility index (Phi) is 3.73. The monoisotopic (exact) mass is 306 g/mol. The van der Waals surface area contributed by atoms with E-state index in [0.717, 1.165) is 30.4 Å². The standard InChI is InChI=1S/C17H23FN2O2/c1-11-9-13(18)4-3-12(11)5-8-20-15(22)17(19)10-14(21)16(17)6-2-7-16/h3-4,9,14,21H,2,5-8,10,19H2,1H3,(H,20,22)/t14-,17-/m0/s1.